The van der Waals surface area contributed by atoms with Crippen LogP contribution in [0.4, 0.5) is 0 Å². The summed E-state index contributed by atoms with van der Waals surface area (Å²) in [7, 11) is 0. The number of hydrogen-bond acceptors (Lipinski definition) is 0. The van der Waals surface area contributed by atoms with Crippen molar-refractivity contribution >= 4 is 0 Å². The fourth-order valence-corrected chi connectivity index (χ4v) is 1.71. The molecule has 1 rings (SSSR count). The van der Waals surface area contributed by atoms with Crippen LogP contribution in [-0.4, -0.2) is 0 Å². The smallest absolute Gasteiger partial charge is 0.0348 e. The first-order chi connectivity index (χ1) is 7.00. The second-order valence-corrected chi connectivity index (χ2v) is 3.94. The van der Waals surface area contributed by atoms with Gasteiger partial charge in [0.2, 0.25) is 0 Å². The van der Waals surface area contributed by atoms with Gasteiger partial charge < -0.3 is 0 Å². The molecule has 14 heavy (non-hydrogen) atoms. The van der Waals surface area contributed by atoms with E-state index >= 15 is 0 Å². The van der Waals surface area contributed by atoms with Gasteiger partial charge in [-0.1, -0.05) is 62.1 Å². The van der Waals surface area contributed by atoms with E-state index in [1.54, 1.807) is 0 Å². The molecule has 0 saturated heterocycles. The minimum atomic E-state index is 1.24. The molecule has 78 valence electrons. The summed E-state index contributed by atoms with van der Waals surface area (Å²) in [5.41, 5.74) is 0. The highest BCUT2D eigenvalue weighted by molar-refractivity contribution is 5.10. The molecule has 0 spiro atoms. The molecule has 0 aromatic carbocycles. The highest BCUT2D eigenvalue weighted by Crippen LogP contribution is 2.09. The van der Waals surface area contributed by atoms with E-state index in [-0.39, 0.29) is 0 Å². The number of hydrogen-bond donors (Lipinski definition) is 0. The SMILES string of the molecule is C1=C\C=C/CCCCCCCC\C=C/1. The fourth-order valence-electron chi connectivity index (χ4n) is 1.71. The summed E-state index contributed by atoms with van der Waals surface area (Å²) in [5.74, 6) is 0. The van der Waals surface area contributed by atoms with E-state index in [4.69, 9.17) is 0 Å². The van der Waals surface area contributed by atoms with Gasteiger partial charge in [-0.15, -0.1) is 0 Å². The van der Waals surface area contributed by atoms with Crippen molar-refractivity contribution in [3.63, 3.8) is 0 Å². The van der Waals surface area contributed by atoms with E-state index in [2.05, 4.69) is 36.5 Å². The fraction of sp³-hybridized carbons (Fsp3) is 0.571. The first-order valence-electron chi connectivity index (χ1n) is 5.98. The van der Waals surface area contributed by atoms with E-state index in [1.807, 2.05) is 0 Å². The Balaban J connectivity index is 2.27. The van der Waals surface area contributed by atoms with Crippen molar-refractivity contribution in [2.75, 3.05) is 0 Å². The molecule has 0 aromatic rings. The maximum atomic E-state index is 2.27. The molecule has 0 saturated carbocycles. The maximum absolute atomic E-state index is 2.27. The molecular weight excluding hydrogens is 168 g/mol. The van der Waals surface area contributed by atoms with Crippen molar-refractivity contribution in [1.29, 1.82) is 0 Å². The largest absolute Gasteiger partial charge is 0.0845 e. The highest BCUT2D eigenvalue weighted by atomic mass is 14.0. The van der Waals surface area contributed by atoms with E-state index in [0.29, 0.717) is 0 Å². The van der Waals surface area contributed by atoms with Crippen molar-refractivity contribution in [3.8, 4) is 0 Å². The van der Waals surface area contributed by atoms with E-state index < -0.39 is 0 Å². The lowest BCUT2D eigenvalue weighted by molar-refractivity contribution is 0.600. The van der Waals surface area contributed by atoms with Gasteiger partial charge in [0.15, 0.2) is 0 Å². The topological polar surface area (TPSA) is 0 Å². The Kier molecular flexibility index (Phi) is 7.10. The van der Waals surface area contributed by atoms with Crippen LogP contribution in [0, 0.1) is 0 Å². The van der Waals surface area contributed by atoms with Crippen molar-refractivity contribution in [1.82, 2.24) is 0 Å². The standard InChI is InChI=1S/C14H22/c1-2-4-6-8-10-12-14-13-11-9-7-5-3-1/h1-6H,7-14H2/b2-1-,5-3-,6-4-. The van der Waals surface area contributed by atoms with Crippen LogP contribution >= 0.6 is 0 Å². The van der Waals surface area contributed by atoms with Gasteiger partial charge in [-0.25, -0.2) is 0 Å². The molecule has 0 heterocycles. The average molecular weight is 190 g/mol. The van der Waals surface area contributed by atoms with Crippen LogP contribution in [0.5, 0.6) is 0 Å². The van der Waals surface area contributed by atoms with Gasteiger partial charge in [-0.05, 0) is 25.7 Å². The minimum absolute atomic E-state index is 1.24. The molecule has 0 nitrogen and oxygen atoms in total. The summed E-state index contributed by atoms with van der Waals surface area (Å²) in [4.78, 5) is 0. The van der Waals surface area contributed by atoms with E-state index in [9.17, 15) is 0 Å². The van der Waals surface area contributed by atoms with Gasteiger partial charge in [-0.2, -0.15) is 0 Å². The van der Waals surface area contributed by atoms with Crippen LogP contribution in [0.2, 0.25) is 0 Å². The molecule has 0 bridgehead atoms. The van der Waals surface area contributed by atoms with Crippen LogP contribution in [0.25, 0.3) is 0 Å². The first kappa shape index (κ1) is 11.3. The summed E-state index contributed by atoms with van der Waals surface area (Å²) >= 11 is 0. The summed E-state index contributed by atoms with van der Waals surface area (Å²) in [6.07, 6.45) is 24.0. The quantitative estimate of drug-likeness (QED) is 0.515. The number of allylic oxidation sites excluding steroid dienone is 6. The van der Waals surface area contributed by atoms with Gasteiger partial charge in [0, 0.05) is 0 Å². The van der Waals surface area contributed by atoms with Crippen LogP contribution in [0.1, 0.15) is 51.4 Å². The van der Waals surface area contributed by atoms with Crippen LogP contribution in [-0.2, 0) is 0 Å². The van der Waals surface area contributed by atoms with E-state index in [0.717, 1.165) is 0 Å². The van der Waals surface area contributed by atoms with Crippen LogP contribution < -0.4 is 0 Å². The van der Waals surface area contributed by atoms with Crippen molar-refractivity contribution in [3.05, 3.63) is 36.5 Å². The Morgan fingerprint density at radius 2 is 0.857 bits per heavy atom. The molecule has 0 aliphatic heterocycles. The van der Waals surface area contributed by atoms with Gasteiger partial charge in [0.05, 0.1) is 0 Å². The third-order valence-electron chi connectivity index (χ3n) is 2.60. The predicted molar refractivity (Wildman–Crippen MR) is 64.4 cm³/mol. The van der Waals surface area contributed by atoms with Crippen molar-refractivity contribution in [2.24, 2.45) is 0 Å². The molecule has 0 heteroatoms. The van der Waals surface area contributed by atoms with Gasteiger partial charge in [0.25, 0.3) is 0 Å². The zero-order valence-corrected chi connectivity index (χ0v) is 9.12. The van der Waals surface area contributed by atoms with Crippen LogP contribution in [0.3, 0.4) is 0 Å². The molecule has 0 N–H and O–H groups in total. The molecule has 0 amide bonds. The highest BCUT2D eigenvalue weighted by Gasteiger charge is 1.89. The summed E-state index contributed by atoms with van der Waals surface area (Å²) in [6.45, 7) is 0. The van der Waals surface area contributed by atoms with Gasteiger partial charge in [0.1, 0.15) is 0 Å². The molecule has 0 radical (unpaired) electrons. The first-order valence-corrected chi connectivity index (χ1v) is 5.98. The van der Waals surface area contributed by atoms with Crippen LogP contribution in [0.15, 0.2) is 36.5 Å². The Morgan fingerprint density at radius 3 is 1.36 bits per heavy atom. The summed E-state index contributed by atoms with van der Waals surface area (Å²) < 4.78 is 0. The van der Waals surface area contributed by atoms with Crippen molar-refractivity contribution < 1.29 is 0 Å². The molecule has 1 aliphatic carbocycles. The summed E-state index contributed by atoms with van der Waals surface area (Å²) in [5, 5.41) is 0. The lowest BCUT2D eigenvalue weighted by atomic mass is 10.1. The Morgan fingerprint density at radius 1 is 0.429 bits per heavy atom. The normalized spacial score (nSPS) is 27.4. The molecule has 1 aliphatic rings. The lowest BCUT2D eigenvalue weighted by Crippen LogP contribution is -1.79. The maximum Gasteiger partial charge on any atom is -0.0348 e. The monoisotopic (exact) mass is 190 g/mol. The second kappa shape index (κ2) is 8.80. The zero-order chi connectivity index (χ0) is 9.90. The van der Waals surface area contributed by atoms with Gasteiger partial charge in [-0.3, -0.25) is 0 Å². The predicted octanol–water partition coefficient (Wildman–Crippen LogP) is 4.79. The third-order valence-corrected chi connectivity index (χ3v) is 2.60. The average Bonchev–Trinajstić information content (AvgIpc) is 2.22. The van der Waals surface area contributed by atoms with Crippen molar-refractivity contribution in [2.45, 2.75) is 51.4 Å². The minimum Gasteiger partial charge on any atom is -0.0845 e. The lowest BCUT2D eigenvalue weighted by Gasteiger charge is -1.99. The Labute approximate surface area is 88.4 Å². The molecular formula is C14H22. The van der Waals surface area contributed by atoms with Gasteiger partial charge >= 0.3 is 0 Å². The molecule has 0 fully saturated rings. The molecule has 0 aromatic heterocycles. The summed E-state index contributed by atoms with van der Waals surface area (Å²) in [6, 6.07) is 0. The molecule has 0 unspecified atom stereocenters. The Bertz CT molecular complexity index is 174. The molecule has 0 atom stereocenters. The second-order valence-electron chi connectivity index (χ2n) is 3.94. The zero-order valence-electron chi connectivity index (χ0n) is 9.12. The Hall–Kier alpha value is -0.780. The number of rotatable bonds is 0. The van der Waals surface area contributed by atoms with E-state index in [1.165, 1.54) is 51.4 Å². The third kappa shape index (κ3) is 6.71.